The summed E-state index contributed by atoms with van der Waals surface area (Å²) in [5, 5.41) is 11.3. The van der Waals surface area contributed by atoms with Crippen LogP contribution in [0, 0.1) is 40.4 Å². The van der Waals surface area contributed by atoms with Gasteiger partial charge in [-0.2, -0.15) is 0 Å². The molecule has 0 saturated heterocycles. The van der Waals surface area contributed by atoms with Gasteiger partial charge in [0.15, 0.2) is 0 Å². The molecular formula is C40H62N2O6. The maximum absolute atomic E-state index is 12.5. The summed E-state index contributed by atoms with van der Waals surface area (Å²) in [6, 6.07) is 6.27. The van der Waals surface area contributed by atoms with E-state index in [1.54, 1.807) is 0 Å². The summed E-state index contributed by atoms with van der Waals surface area (Å²) in [5.74, 6) is 4.51. The van der Waals surface area contributed by atoms with E-state index in [9.17, 15) is 19.5 Å². The summed E-state index contributed by atoms with van der Waals surface area (Å²) in [6.07, 6.45) is 16.9. The third-order valence-electron chi connectivity index (χ3n) is 13.2. The summed E-state index contributed by atoms with van der Waals surface area (Å²) in [4.78, 5) is 34.7. The Morgan fingerprint density at radius 1 is 0.833 bits per heavy atom. The zero-order valence-electron chi connectivity index (χ0n) is 29.7. The van der Waals surface area contributed by atoms with Gasteiger partial charge in [0.1, 0.15) is 17.3 Å². The highest BCUT2D eigenvalue weighted by atomic mass is 16.5. The van der Waals surface area contributed by atoms with Crippen molar-refractivity contribution in [3.63, 3.8) is 0 Å². The maximum Gasteiger partial charge on any atom is 0.217 e. The summed E-state index contributed by atoms with van der Waals surface area (Å²) in [7, 11) is 0. The number of Topliss-reactive ketones (excluding diaryl/α,β-unsaturated/α-hetero) is 1. The average molecular weight is 667 g/mol. The van der Waals surface area contributed by atoms with Crippen molar-refractivity contribution < 1.29 is 29.0 Å². The minimum absolute atomic E-state index is 0.00314. The third kappa shape index (κ3) is 8.75. The lowest BCUT2D eigenvalue weighted by atomic mass is 9.42. The van der Waals surface area contributed by atoms with E-state index in [0.29, 0.717) is 61.4 Å². The fraction of sp³-hybridized carbons (Fsp3) is 0.775. The lowest BCUT2D eigenvalue weighted by molar-refractivity contribution is -0.159. The average Bonchev–Trinajstić information content (AvgIpc) is 3.33. The summed E-state index contributed by atoms with van der Waals surface area (Å²) < 4.78 is 12.4. The van der Waals surface area contributed by atoms with Crippen LogP contribution >= 0.6 is 0 Å². The van der Waals surface area contributed by atoms with E-state index in [1.807, 2.05) is 6.07 Å². The van der Waals surface area contributed by atoms with Crippen molar-refractivity contribution in [2.45, 2.75) is 142 Å². The van der Waals surface area contributed by atoms with Crippen molar-refractivity contribution in [3.8, 4) is 11.5 Å². The van der Waals surface area contributed by atoms with Crippen LogP contribution in [0.25, 0.3) is 0 Å². The topological polar surface area (TPSA) is 142 Å². The number of benzene rings is 1. The largest absolute Gasteiger partial charge is 0.493 e. The number of fused-ring (bicyclic) bond motifs is 5. The quantitative estimate of drug-likeness (QED) is 0.143. The zero-order chi connectivity index (χ0) is 34.3. The second kappa shape index (κ2) is 16.4. The number of aryl methyl sites for hydroxylation is 1. The monoisotopic (exact) mass is 666 g/mol. The van der Waals surface area contributed by atoms with Crippen molar-refractivity contribution in [2.24, 2.45) is 51.9 Å². The molecule has 0 spiro atoms. The van der Waals surface area contributed by atoms with E-state index in [4.69, 9.17) is 20.9 Å². The SMILES string of the molecule is C[C@]12CCC(=O)CC1CC[C@@H]1[C@H]2C(CCCc2cc(OCCCCCC(N)=O)cc(OCCCCCC(N)=O)c2)C[C@]2(C)C(O)CC[C@@H]12. The minimum Gasteiger partial charge on any atom is -0.493 e. The summed E-state index contributed by atoms with van der Waals surface area (Å²) in [6.45, 7) is 6.05. The molecule has 5 N–H and O–H groups in total. The molecule has 4 saturated carbocycles. The van der Waals surface area contributed by atoms with Gasteiger partial charge in [0, 0.05) is 31.7 Å². The second-order valence-electron chi connectivity index (χ2n) is 16.3. The first-order valence-corrected chi connectivity index (χ1v) is 19.2. The Bertz CT molecular complexity index is 1220. The van der Waals surface area contributed by atoms with E-state index in [0.717, 1.165) is 108 Å². The number of hydrogen-bond donors (Lipinski definition) is 3. The predicted molar refractivity (Wildman–Crippen MR) is 187 cm³/mol. The van der Waals surface area contributed by atoms with Crippen molar-refractivity contribution in [2.75, 3.05) is 13.2 Å². The van der Waals surface area contributed by atoms with Crippen molar-refractivity contribution in [3.05, 3.63) is 23.8 Å². The minimum atomic E-state index is -0.261. The van der Waals surface area contributed by atoms with E-state index < -0.39 is 0 Å². The van der Waals surface area contributed by atoms with Gasteiger partial charge in [-0.1, -0.05) is 13.8 Å². The number of ketones is 1. The van der Waals surface area contributed by atoms with Crippen LogP contribution in [0.2, 0.25) is 0 Å². The first-order valence-electron chi connectivity index (χ1n) is 19.2. The van der Waals surface area contributed by atoms with Crippen molar-refractivity contribution in [1.29, 1.82) is 0 Å². The number of aliphatic hydroxyl groups excluding tert-OH is 1. The standard InChI is InChI=1S/C40H62N2O6/c1-39-19-18-30(43)24-29(39)14-15-33-34-16-17-35(44)40(34,2)26-28(38(33)39)11-9-10-27-22-31(47-20-7-3-5-12-36(41)45)25-32(23-27)48-21-8-4-6-13-37(42)46/h22-23,25,28-29,33-35,38,44H,3-21,24,26H2,1-2H3,(H2,41,45)(H2,42,46)/t28?,29?,33-,34-,35?,38+,39-,40-/m0/s1. The van der Waals surface area contributed by atoms with E-state index in [-0.39, 0.29) is 28.7 Å². The Hall–Kier alpha value is -2.61. The van der Waals surface area contributed by atoms with E-state index in [2.05, 4.69) is 26.0 Å². The molecule has 5 rings (SSSR count). The fourth-order valence-electron chi connectivity index (χ4n) is 10.7. The van der Waals surface area contributed by atoms with Crippen LogP contribution in [0.5, 0.6) is 11.5 Å². The smallest absolute Gasteiger partial charge is 0.217 e. The number of ether oxygens (including phenoxy) is 2. The van der Waals surface area contributed by atoms with Gasteiger partial charge >= 0.3 is 0 Å². The fourth-order valence-corrected chi connectivity index (χ4v) is 10.7. The Morgan fingerprint density at radius 3 is 2.10 bits per heavy atom. The molecule has 8 atom stereocenters. The van der Waals surface area contributed by atoms with Gasteiger partial charge in [-0.3, -0.25) is 14.4 Å². The molecular weight excluding hydrogens is 604 g/mol. The van der Waals surface area contributed by atoms with Crippen LogP contribution < -0.4 is 20.9 Å². The highest BCUT2D eigenvalue weighted by Gasteiger charge is 2.62. The van der Waals surface area contributed by atoms with Crippen LogP contribution in [-0.2, 0) is 20.8 Å². The van der Waals surface area contributed by atoms with Crippen LogP contribution in [0.15, 0.2) is 18.2 Å². The number of carbonyl (C=O) groups is 3. The molecule has 4 fully saturated rings. The first kappa shape index (κ1) is 36.7. The Morgan fingerprint density at radius 2 is 1.48 bits per heavy atom. The molecule has 3 unspecified atom stereocenters. The molecule has 0 bridgehead atoms. The number of unbranched alkanes of at least 4 members (excludes halogenated alkanes) is 4. The van der Waals surface area contributed by atoms with Gasteiger partial charge in [-0.25, -0.2) is 0 Å². The predicted octanol–water partition coefficient (Wildman–Crippen LogP) is 7.06. The number of carbonyl (C=O) groups excluding carboxylic acids is 3. The van der Waals surface area contributed by atoms with E-state index in [1.165, 1.54) is 18.4 Å². The van der Waals surface area contributed by atoms with Crippen LogP contribution in [0.1, 0.15) is 135 Å². The lowest BCUT2D eigenvalue weighted by Crippen LogP contribution is -2.57. The number of aliphatic hydroxyl groups is 1. The Balaban J connectivity index is 1.25. The molecule has 1 aromatic rings. The van der Waals surface area contributed by atoms with Crippen LogP contribution in [0.3, 0.4) is 0 Å². The van der Waals surface area contributed by atoms with Crippen molar-refractivity contribution in [1.82, 2.24) is 0 Å². The van der Waals surface area contributed by atoms with E-state index >= 15 is 0 Å². The third-order valence-corrected chi connectivity index (χ3v) is 13.2. The summed E-state index contributed by atoms with van der Waals surface area (Å²) >= 11 is 0. The molecule has 8 heteroatoms. The molecule has 1 aromatic carbocycles. The lowest BCUT2D eigenvalue weighted by Gasteiger charge is -2.62. The number of amides is 2. The molecule has 0 radical (unpaired) electrons. The van der Waals surface area contributed by atoms with Gasteiger partial charge in [0.25, 0.3) is 0 Å². The molecule has 2 amide bonds. The highest BCUT2D eigenvalue weighted by molar-refractivity contribution is 5.79. The Labute approximate surface area is 288 Å². The first-order chi connectivity index (χ1) is 23.0. The highest BCUT2D eigenvalue weighted by Crippen LogP contribution is 2.68. The van der Waals surface area contributed by atoms with Crippen molar-refractivity contribution >= 4 is 17.6 Å². The normalized spacial score (nSPS) is 32.6. The van der Waals surface area contributed by atoms with Gasteiger partial charge in [-0.05, 0) is 154 Å². The second-order valence-corrected chi connectivity index (χ2v) is 16.3. The number of hydrogen-bond acceptors (Lipinski definition) is 6. The van der Waals surface area contributed by atoms with Gasteiger partial charge in [-0.15, -0.1) is 0 Å². The Kier molecular flexibility index (Phi) is 12.5. The molecule has 48 heavy (non-hydrogen) atoms. The maximum atomic E-state index is 12.5. The molecule has 0 aromatic heterocycles. The molecule has 0 heterocycles. The van der Waals surface area contributed by atoms with Gasteiger partial charge in [0.05, 0.1) is 19.3 Å². The molecule has 8 nitrogen and oxygen atoms in total. The zero-order valence-corrected chi connectivity index (χ0v) is 29.7. The molecule has 268 valence electrons. The molecule has 0 aliphatic heterocycles. The summed E-state index contributed by atoms with van der Waals surface area (Å²) in [5.41, 5.74) is 12.0. The van der Waals surface area contributed by atoms with Crippen LogP contribution in [-0.4, -0.2) is 42.0 Å². The molecule has 4 aliphatic rings. The van der Waals surface area contributed by atoms with Gasteiger partial charge in [0.2, 0.25) is 11.8 Å². The number of nitrogens with two attached hydrogens (primary N) is 2. The van der Waals surface area contributed by atoms with Gasteiger partial charge < -0.3 is 26.0 Å². The molecule has 4 aliphatic carbocycles. The number of rotatable bonds is 18. The number of primary amides is 2. The van der Waals surface area contributed by atoms with Crippen LogP contribution in [0.4, 0.5) is 0 Å².